The second-order valence-corrected chi connectivity index (χ2v) is 9.61. The smallest absolute Gasteiger partial charge is 0.278 e. The van der Waals surface area contributed by atoms with Crippen LogP contribution in [-0.4, -0.2) is 17.0 Å². The Balaban J connectivity index is 1.38. The number of aromatic nitrogens is 1. The molecule has 7 nitrogen and oxygen atoms in total. The number of rotatable bonds is 6. The Kier molecular flexibility index (Phi) is 6.06. The number of amides is 2. The van der Waals surface area contributed by atoms with E-state index >= 15 is 0 Å². The molecular weight excluding hydrogens is 450 g/mol. The number of fused-ring (bicyclic) bond motifs is 1. The number of carbonyl (C=O) groups excluding carboxylic acids is 2. The van der Waals surface area contributed by atoms with Crippen LogP contribution in [0.1, 0.15) is 61.0 Å². The van der Waals surface area contributed by atoms with Crippen LogP contribution in [0.3, 0.4) is 0 Å². The standard InChI is InChI=1S/C26H25N3O4S/c1-15-9-10-17(12-16(15)2)21-13-20(29-33-21)24(30)28-26-23(19-7-3-4-8-22(19)34-26)25(31)27-14-18-6-5-11-32-18/h5-6,9-13H,3-4,7-8,14H2,1-2H3,(H,27,31)(H,28,30). The van der Waals surface area contributed by atoms with Crippen molar-refractivity contribution in [1.29, 1.82) is 0 Å². The van der Waals surface area contributed by atoms with Crippen LogP contribution in [0.4, 0.5) is 5.00 Å². The molecule has 34 heavy (non-hydrogen) atoms. The van der Waals surface area contributed by atoms with Crippen molar-refractivity contribution < 1.29 is 18.5 Å². The molecular formula is C26H25N3O4S. The summed E-state index contributed by atoms with van der Waals surface area (Å²) in [6.07, 6.45) is 5.42. The largest absolute Gasteiger partial charge is 0.467 e. The number of aryl methyl sites for hydroxylation is 3. The van der Waals surface area contributed by atoms with E-state index in [1.54, 1.807) is 18.4 Å². The zero-order valence-electron chi connectivity index (χ0n) is 19.1. The molecule has 0 atom stereocenters. The number of anilines is 1. The van der Waals surface area contributed by atoms with Gasteiger partial charge in [-0.25, -0.2) is 0 Å². The first-order valence-corrected chi connectivity index (χ1v) is 12.1. The molecule has 0 saturated heterocycles. The molecule has 1 aliphatic carbocycles. The van der Waals surface area contributed by atoms with Crippen molar-refractivity contribution in [3.8, 4) is 11.3 Å². The summed E-state index contributed by atoms with van der Waals surface area (Å²) in [5.41, 5.74) is 4.91. The highest BCUT2D eigenvalue weighted by Gasteiger charge is 2.27. The molecule has 0 spiro atoms. The van der Waals surface area contributed by atoms with E-state index in [0.29, 0.717) is 22.1 Å². The number of nitrogens with zero attached hydrogens (tertiary/aromatic N) is 1. The van der Waals surface area contributed by atoms with E-state index in [-0.39, 0.29) is 18.1 Å². The van der Waals surface area contributed by atoms with Gasteiger partial charge < -0.3 is 19.6 Å². The molecule has 0 radical (unpaired) electrons. The first-order chi connectivity index (χ1) is 16.5. The maximum Gasteiger partial charge on any atom is 0.278 e. The summed E-state index contributed by atoms with van der Waals surface area (Å²) in [4.78, 5) is 27.3. The molecule has 1 aliphatic rings. The summed E-state index contributed by atoms with van der Waals surface area (Å²) in [7, 11) is 0. The van der Waals surface area contributed by atoms with E-state index in [0.717, 1.165) is 47.3 Å². The van der Waals surface area contributed by atoms with Gasteiger partial charge in [-0.1, -0.05) is 17.3 Å². The predicted molar refractivity (Wildman–Crippen MR) is 130 cm³/mol. The molecule has 2 amide bonds. The van der Waals surface area contributed by atoms with Crippen molar-refractivity contribution in [3.63, 3.8) is 0 Å². The molecule has 3 heterocycles. The van der Waals surface area contributed by atoms with Gasteiger partial charge in [-0.3, -0.25) is 9.59 Å². The van der Waals surface area contributed by atoms with Crippen LogP contribution >= 0.6 is 11.3 Å². The Morgan fingerprint density at radius 1 is 1.06 bits per heavy atom. The Morgan fingerprint density at radius 3 is 2.71 bits per heavy atom. The van der Waals surface area contributed by atoms with Gasteiger partial charge in [-0.2, -0.15) is 0 Å². The maximum absolute atomic E-state index is 13.1. The highest BCUT2D eigenvalue weighted by molar-refractivity contribution is 7.17. The molecule has 1 aromatic carbocycles. The molecule has 0 saturated carbocycles. The minimum atomic E-state index is -0.405. The van der Waals surface area contributed by atoms with Crippen molar-refractivity contribution in [2.24, 2.45) is 0 Å². The van der Waals surface area contributed by atoms with Gasteiger partial charge in [-0.15, -0.1) is 11.3 Å². The van der Waals surface area contributed by atoms with Gasteiger partial charge in [0.05, 0.1) is 18.4 Å². The van der Waals surface area contributed by atoms with Crippen molar-refractivity contribution in [1.82, 2.24) is 10.5 Å². The fraction of sp³-hybridized carbons (Fsp3) is 0.269. The Hall–Kier alpha value is -3.65. The second-order valence-electron chi connectivity index (χ2n) is 8.51. The SMILES string of the molecule is Cc1ccc(-c2cc(C(=O)Nc3sc4c(c3C(=O)NCc3ccco3)CCCC4)no2)cc1C. The highest BCUT2D eigenvalue weighted by atomic mass is 32.1. The van der Waals surface area contributed by atoms with Crippen molar-refractivity contribution >= 4 is 28.2 Å². The van der Waals surface area contributed by atoms with Gasteiger partial charge in [-0.05, 0) is 74.4 Å². The van der Waals surface area contributed by atoms with E-state index in [2.05, 4.69) is 15.8 Å². The van der Waals surface area contributed by atoms with Crippen LogP contribution in [0.2, 0.25) is 0 Å². The molecule has 5 rings (SSSR count). The van der Waals surface area contributed by atoms with Gasteiger partial charge in [0.1, 0.15) is 10.8 Å². The first kappa shape index (κ1) is 22.2. The second kappa shape index (κ2) is 9.30. The Bertz CT molecular complexity index is 1350. The number of nitrogens with one attached hydrogen (secondary N) is 2. The predicted octanol–water partition coefficient (Wildman–Crippen LogP) is 5.67. The van der Waals surface area contributed by atoms with E-state index in [4.69, 9.17) is 8.94 Å². The lowest BCUT2D eigenvalue weighted by molar-refractivity contribution is 0.0948. The molecule has 3 aromatic heterocycles. The zero-order chi connectivity index (χ0) is 23.7. The maximum atomic E-state index is 13.1. The summed E-state index contributed by atoms with van der Waals surface area (Å²) >= 11 is 1.47. The molecule has 0 aliphatic heterocycles. The third-order valence-corrected chi connectivity index (χ3v) is 7.37. The third-order valence-electron chi connectivity index (χ3n) is 6.16. The molecule has 4 aromatic rings. The van der Waals surface area contributed by atoms with Crippen LogP contribution in [0, 0.1) is 13.8 Å². The number of hydrogen-bond acceptors (Lipinski definition) is 6. The third kappa shape index (κ3) is 4.41. The van der Waals surface area contributed by atoms with Crippen LogP contribution in [0.25, 0.3) is 11.3 Å². The average molecular weight is 476 g/mol. The molecule has 0 fully saturated rings. The average Bonchev–Trinajstić information content (AvgIpc) is 3.59. The number of furan rings is 1. The summed E-state index contributed by atoms with van der Waals surface area (Å²) < 4.78 is 10.8. The van der Waals surface area contributed by atoms with Gasteiger partial charge in [0.25, 0.3) is 11.8 Å². The monoisotopic (exact) mass is 475 g/mol. The minimum Gasteiger partial charge on any atom is -0.467 e. The summed E-state index contributed by atoms with van der Waals surface area (Å²) in [5, 5.41) is 10.3. The van der Waals surface area contributed by atoms with Crippen LogP contribution in [0.5, 0.6) is 0 Å². The molecule has 0 bridgehead atoms. The topological polar surface area (TPSA) is 97.4 Å². The van der Waals surface area contributed by atoms with Gasteiger partial charge in [0.15, 0.2) is 11.5 Å². The van der Waals surface area contributed by atoms with Crippen molar-refractivity contribution in [2.75, 3.05) is 5.32 Å². The number of thiophene rings is 1. The van der Waals surface area contributed by atoms with Crippen molar-refractivity contribution in [2.45, 2.75) is 46.1 Å². The van der Waals surface area contributed by atoms with Crippen molar-refractivity contribution in [3.05, 3.63) is 81.2 Å². The molecule has 174 valence electrons. The quantitative estimate of drug-likeness (QED) is 0.374. The Morgan fingerprint density at radius 2 is 1.91 bits per heavy atom. The number of carbonyl (C=O) groups is 2. The van der Waals surface area contributed by atoms with Gasteiger partial charge >= 0.3 is 0 Å². The van der Waals surface area contributed by atoms with Crippen LogP contribution in [0.15, 0.2) is 51.6 Å². The fourth-order valence-electron chi connectivity index (χ4n) is 4.14. The van der Waals surface area contributed by atoms with E-state index in [1.165, 1.54) is 16.9 Å². The fourth-order valence-corrected chi connectivity index (χ4v) is 5.43. The lowest BCUT2D eigenvalue weighted by Crippen LogP contribution is -2.25. The molecule has 8 heteroatoms. The number of benzene rings is 1. The number of hydrogen-bond donors (Lipinski definition) is 2. The van der Waals surface area contributed by atoms with Crippen LogP contribution < -0.4 is 10.6 Å². The van der Waals surface area contributed by atoms with Crippen LogP contribution in [-0.2, 0) is 19.4 Å². The van der Waals surface area contributed by atoms with E-state index < -0.39 is 5.91 Å². The van der Waals surface area contributed by atoms with Gasteiger partial charge in [0, 0.05) is 16.5 Å². The minimum absolute atomic E-state index is 0.168. The van der Waals surface area contributed by atoms with Gasteiger partial charge in [0.2, 0.25) is 0 Å². The lowest BCUT2D eigenvalue weighted by atomic mass is 9.95. The van der Waals surface area contributed by atoms with E-state index in [1.807, 2.05) is 38.1 Å². The molecule has 2 N–H and O–H groups in total. The van der Waals surface area contributed by atoms with E-state index in [9.17, 15) is 9.59 Å². The summed E-state index contributed by atoms with van der Waals surface area (Å²) in [5.74, 6) is 0.569. The molecule has 0 unspecified atom stereocenters. The summed E-state index contributed by atoms with van der Waals surface area (Å²) in [6.45, 7) is 4.35. The zero-order valence-corrected chi connectivity index (χ0v) is 19.9. The normalized spacial score (nSPS) is 12.9. The summed E-state index contributed by atoms with van der Waals surface area (Å²) in [6, 6.07) is 11.2. The highest BCUT2D eigenvalue weighted by Crippen LogP contribution is 2.38. The first-order valence-electron chi connectivity index (χ1n) is 11.3. The lowest BCUT2D eigenvalue weighted by Gasteiger charge is -2.13. The Labute approximate surface area is 201 Å².